The molecule has 1 aliphatic heterocycles. The molecule has 0 bridgehead atoms. The van der Waals surface area contributed by atoms with Crippen molar-refractivity contribution in [2.24, 2.45) is 0 Å². The first-order valence-electron chi connectivity index (χ1n) is 5.32. The lowest BCUT2D eigenvalue weighted by molar-refractivity contribution is 0.0693. The molecule has 1 aromatic rings. The maximum atomic E-state index is 5.45. The summed E-state index contributed by atoms with van der Waals surface area (Å²) < 4.78 is 10.4. The van der Waals surface area contributed by atoms with E-state index in [9.17, 15) is 0 Å². The molecule has 16 heavy (non-hydrogen) atoms. The molecule has 1 saturated heterocycles. The third-order valence-corrected chi connectivity index (χ3v) is 3.13. The van der Waals surface area contributed by atoms with Crippen LogP contribution in [0.1, 0.15) is 5.56 Å². The summed E-state index contributed by atoms with van der Waals surface area (Å²) in [4.78, 5) is 3.08. The molecule has 2 rings (SSSR count). The lowest BCUT2D eigenvalue weighted by Gasteiger charge is -2.29. The van der Waals surface area contributed by atoms with Crippen LogP contribution in [-0.4, -0.2) is 43.3 Å². The van der Waals surface area contributed by atoms with Gasteiger partial charge in [0.1, 0.15) is 10.7 Å². The fraction of sp³-hybridized carbons (Fsp3) is 0.417. The van der Waals surface area contributed by atoms with Gasteiger partial charge >= 0.3 is 0 Å². The quantitative estimate of drug-likeness (QED) is 0.730. The molecule has 0 radical (unpaired) electrons. The monoisotopic (exact) mass is 237 g/mol. The minimum atomic E-state index is 0.760. The summed E-state index contributed by atoms with van der Waals surface area (Å²) in [7, 11) is 1.66. The van der Waals surface area contributed by atoms with Crippen LogP contribution in [0, 0.1) is 0 Å². The van der Waals surface area contributed by atoms with Crippen LogP contribution in [-0.2, 0) is 4.74 Å². The van der Waals surface area contributed by atoms with Gasteiger partial charge in [0.2, 0.25) is 0 Å². The van der Waals surface area contributed by atoms with Crippen molar-refractivity contribution in [2.45, 2.75) is 0 Å². The third-order valence-electron chi connectivity index (χ3n) is 2.64. The van der Waals surface area contributed by atoms with E-state index < -0.39 is 0 Å². The van der Waals surface area contributed by atoms with E-state index in [2.05, 4.69) is 4.90 Å². The molecule has 0 unspecified atom stereocenters. The number of benzene rings is 1. The zero-order valence-electron chi connectivity index (χ0n) is 9.31. The zero-order chi connectivity index (χ0) is 11.4. The average Bonchev–Trinajstić information content (AvgIpc) is 2.39. The molecule has 0 saturated carbocycles. The van der Waals surface area contributed by atoms with E-state index in [0.29, 0.717) is 0 Å². The van der Waals surface area contributed by atoms with Crippen molar-refractivity contribution < 1.29 is 9.47 Å². The van der Waals surface area contributed by atoms with Gasteiger partial charge in [0.15, 0.2) is 0 Å². The third kappa shape index (κ3) is 2.51. The van der Waals surface area contributed by atoms with Gasteiger partial charge in [-0.3, -0.25) is 0 Å². The summed E-state index contributed by atoms with van der Waals surface area (Å²) in [6, 6.07) is 7.86. The summed E-state index contributed by atoms with van der Waals surface area (Å²) in [5.41, 5.74) is 1.07. The molecule has 4 heteroatoms. The van der Waals surface area contributed by atoms with Crippen LogP contribution in [0.2, 0.25) is 0 Å². The Hall–Kier alpha value is -1.13. The first-order chi connectivity index (χ1) is 7.81. The van der Waals surface area contributed by atoms with Gasteiger partial charge in [0.25, 0.3) is 0 Å². The van der Waals surface area contributed by atoms with Gasteiger partial charge in [0, 0.05) is 18.7 Å². The summed E-state index contributed by atoms with van der Waals surface area (Å²) in [6.07, 6.45) is 0. The topological polar surface area (TPSA) is 21.7 Å². The maximum absolute atomic E-state index is 5.45. The van der Waals surface area contributed by atoms with Crippen LogP contribution in [0.3, 0.4) is 0 Å². The average molecular weight is 237 g/mol. The van der Waals surface area contributed by atoms with Gasteiger partial charge in [-0.05, 0) is 24.3 Å². The van der Waals surface area contributed by atoms with Gasteiger partial charge in [-0.1, -0.05) is 12.2 Å². The van der Waals surface area contributed by atoms with Gasteiger partial charge in [-0.2, -0.15) is 0 Å². The summed E-state index contributed by atoms with van der Waals surface area (Å²) in [5.74, 6) is 0.855. The highest BCUT2D eigenvalue weighted by atomic mass is 32.1. The maximum Gasteiger partial charge on any atom is 0.118 e. The lowest BCUT2D eigenvalue weighted by Crippen LogP contribution is -2.40. The van der Waals surface area contributed by atoms with Crippen LogP contribution in [0.25, 0.3) is 0 Å². The van der Waals surface area contributed by atoms with E-state index in [4.69, 9.17) is 21.7 Å². The van der Waals surface area contributed by atoms with Gasteiger partial charge in [0.05, 0.1) is 20.3 Å². The number of ether oxygens (including phenoxy) is 2. The molecule has 0 aliphatic carbocycles. The van der Waals surface area contributed by atoms with Crippen molar-refractivity contribution in [3.63, 3.8) is 0 Å². The predicted octanol–water partition coefficient (Wildman–Crippen LogP) is 1.70. The van der Waals surface area contributed by atoms with Crippen LogP contribution in [0.5, 0.6) is 5.75 Å². The largest absolute Gasteiger partial charge is 0.497 e. The molecule has 1 fully saturated rings. The number of hydrogen-bond donors (Lipinski definition) is 0. The Kier molecular flexibility index (Phi) is 3.74. The zero-order valence-corrected chi connectivity index (χ0v) is 10.1. The second-order valence-corrected chi connectivity index (χ2v) is 4.02. The van der Waals surface area contributed by atoms with E-state index in [1.54, 1.807) is 7.11 Å². The van der Waals surface area contributed by atoms with Crippen LogP contribution >= 0.6 is 12.2 Å². The summed E-state index contributed by atoms with van der Waals surface area (Å²) >= 11 is 5.45. The van der Waals surface area contributed by atoms with Crippen molar-refractivity contribution in [3.05, 3.63) is 29.8 Å². The van der Waals surface area contributed by atoms with Gasteiger partial charge < -0.3 is 14.4 Å². The first kappa shape index (κ1) is 11.4. The molecule has 1 aliphatic rings. The SMILES string of the molecule is COc1ccc(C(=S)N2CCOCC2)cc1. The van der Waals surface area contributed by atoms with Crippen LogP contribution in [0.15, 0.2) is 24.3 Å². The Morgan fingerprint density at radius 3 is 2.44 bits per heavy atom. The fourth-order valence-corrected chi connectivity index (χ4v) is 2.00. The molecule has 3 nitrogen and oxygen atoms in total. The van der Waals surface area contributed by atoms with E-state index in [0.717, 1.165) is 42.6 Å². The summed E-state index contributed by atoms with van der Waals surface area (Å²) in [5, 5.41) is 0. The molecular weight excluding hydrogens is 222 g/mol. The molecular formula is C12H15NO2S. The van der Waals surface area contributed by atoms with Crippen molar-refractivity contribution in [1.82, 2.24) is 4.90 Å². The highest BCUT2D eigenvalue weighted by molar-refractivity contribution is 7.80. The number of methoxy groups -OCH3 is 1. The molecule has 1 aromatic carbocycles. The van der Waals surface area contributed by atoms with Crippen molar-refractivity contribution in [1.29, 1.82) is 0 Å². The molecule has 86 valence electrons. The second kappa shape index (κ2) is 5.27. The molecule has 0 aromatic heterocycles. The van der Waals surface area contributed by atoms with E-state index in [1.165, 1.54) is 0 Å². The number of rotatable bonds is 2. The molecule has 0 N–H and O–H groups in total. The number of morpholine rings is 1. The van der Waals surface area contributed by atoms with Crippen LogP contribution < -0.4 is 4.74 Å². The smallest absolute Gasteiger partial charge is 0.118 e. The number of nitrogens with zero attached hydrogens (tertiary/aromatic N) is 1. The Bertz CT molecular complexity index is 358. The molecule has 0 atom stereocenters. The Morgan fingerprint density at radius 1 is 1.25 bits per heavy atom. The van der Waals surface area contributed by atoms with Crippen molar-refractivity contribution in [3.8, 4) is 5.75 Å². The lowest BCUT2D eigenvalue weighted by atomic mass is 10.2. The van der Waals surface area contributed by atoms with E-state index in [-0.39, 0.29) is 0 Å². The highest BCUT2D eigenvalue weighted by Crippen LogP contribution is 2.14. The van der Waals surface area contributed by atoms with Crippen molar-refractivity contribution in [2.75, 3.05) is 33.4 Å². The highest BCUT2D eigenvalue weighted by Gasteiger charge is 2.14. The Balaban J connectivity index is 2.07. The van der Waals surface area contributed by atoms with Gasteiger partial charge in [-0.15, -0.1) is 0 Å². The molecule has 1 heterocycles. The second-order valence-electron chi connectivity index (χ2n) is 3.63. The number of thiocarbonyl (C=S) groups is 1. The van der Waals surface area contributed by atoms with Crippen LogP contribution in [0.4, 0.5) is 0 Å². The van der Waals surface area contributed by atoms with E-state index >= 15 is 0 Å². The predicted molar refractivity (Wildman–Crippen MR) is 67.1 cm³/mol. The van der Waals surface area contributed by atoms with E-state index in [1.807, 2.05) is 24.3 Å². The first-order valence-corrected chi connectivity index (χ1v) is 5.73. The minimum absolute atomic E-state index is 0.760. The summed E-state index contributed by atoms with van der Waals surface area (Å²) in [6.45, 7) is 3.28. The Morgan fingerprint density at radius 2 is 1.88 bits per heavy atom. The molecule has 0 spiro atoms. The number of hydrogen-bond acceptors (Lipinski definition) is 3. The standard InChI is InChI=1S/C12H15NO2S/c1-14-11-4-2-10(3-5-11)12(16)13-6-8-15-9-7-13/h2-5H,6-9H2,1H3. The van der Waals surface area contributed by atoms with Crippen molar-refractivity contribution >= 4 is 17.2 Å². The van der Waals surface area contributed by atoms with Gasteiger partial charge in [-0.25, -0.2) is 0 Å². The normalized spacial score (nSPS) is 15.9. The molecule has 0 amide bonds. The fourth-order valence-electron chi connectivity index (χ4n) is 1.68. The minimum Gasteiger partial charge on any atom is -0.497 e. The Labute approximate surface area is 101 Å².